The summed E-state index contributed by atoms with van der Waals surface area (Å²) in [7, 11) is 0. The van der Waals surface area contributed by atoms with Gasteiger partial charge in [0.2, 0.25) is 0 Å². The molecular weight excluding hydrogens is 220 g/mol. The van der Waals surface area contributed by atoms with Crippen LogP contribution in [0.4, 0.5) is 0 Å². The molecule has 1 aliphatic heterocycles. The minimum Gasteiger partial charge on any atom is -0.313 e. The van der Waals surface area contributed by atoms with E-state index in [1.807, 2.05) is 0 Å². The molecule has 18 heavy (non-hydrogen) atoms. The molecule has 2 rings (SSSR count). The second-order valence-corrected chi connectivity index (χ2v) is 7.76. The van der Waals surface area contributed by atoms with E-state index in [1.54, 1.807) is 0 Å². The van der Waals surface area contributed by atoms with E-state index < -0.39 is 0 Å². The van der Waals surface area contributed by atoms with Crippen LogP contribution in [0.1, 0.15) is 59.8 Å². The van der Waals surface area contributed by atoms with Gasteiger partial charge >= 0.3 is 0 Å². The number of piperidine rings is 1. The van der Waals surface area contributed by atoms with Crippen LogP contribution in [0, 0.1) is 10.8 Å². The van der Waals surface area contributed by atoms with E-state index in [1.165, 1.54) is 58.3 Å². The van der Waals surface area contributed by atoms with E-state index >= 15 is 0 Å². The van der Waals surface area contributed by atoms with Crippen LogP contribution >= 0.6 is 0 Å². The van der Waals surface area contributed by atoms with Gasteiger partial charge in [-0.25, -0.2) is 0 Å². The third-order valence-corrected chi connectivity index (χ3v) is 5.02. The van der Waals surface area contributed by atoms with Crippen LogP contribution in [-0.4, -0.2) is 37.1 Å². The second-order valence-electron chi connectivity index (χ2n) is 7.76. The summed E-state index contributed by atoms with van der Waals surface area (Å²) in [5, 5.41) is 3.69. The highest BCUT2D eigenvalue weighted by Gasteiger charge is 2.31. The van der Waals surface area contributed by atoms with Crippen LogP contribution in [0.5, 0.6) is 0 Å². The molecule has 1 aliphatic carbocycles. The van der Waals surface area contributed by atoms with E-state index in [4.69, 9.17) is 0 Å². The zero-order valence-electron chi connectivity index (χ0n) is 12.9. The third-order valence-electron chi connectivity index (χ3n) is 5.02. The monoisotopic (exact) mass is 252 g/mol. The van der Waals surface area contributed by atoms with E-state index in [9.17, 15) is 0 Å². The summed E-state index contributed by atoms with van der Waals surface area (Å²) in [5.74, 6) is 0. The summed E-state index contributed by atoms with van der Waals surface area (Å²) in [6, 6.07) is 0.842. The second kappa shape index (κ2) is 5.50. The number of hydrogen-bond acceptors (Lipinski definition) is 2. The Bertz CT molecular complexity index is 260. The van der Waals surface area contributed by atoms with Gasteiger partial charge in [0.15, 0.2) is 0 Å². The van der Waals surface area contributed by atoms with Gasteiger partial charge in [-0.15, -0.1) is 0 Å². The molecule has 0 bridgehead atoms. The number of likely N-dealkylation sites (tertiary alicyclic amines) is 1. The molecule has 1 saturated heterocycles. The molecule has 2 fully saturated rings. The van der Waals surface area contributed by atoms with Gasteiger partial charge < -0.3 is 10.2 Å². The molecule has 0 spiro atoms. The van der Waals surface area contributed by atoms with Crippen molar-refractivity contribution in [1.29, 1.82) is 0 Å². The number of nitrogens with zero attached hydrogens (tertiary/aromatic N) is 1. The molecular formula is C16H32N2. The summed E-state index contributed by atoms with van der Waals surface area (Å²) < 4.78 is 0. The molecule has 2 heteroatoms. The van der Waals surface area contributed by atoms with Gasteiger partial charge in [-0.2, -0.15) is 0 Å². The van der Waals surface area contributed by atoms with Crippen molar-refractivity contribution in [3.63, 3.8) is 0 Å². The van der Waals surface area contributed by atoms with Crippen molar-refractivity contribution in [3.05, 3.63) is 0 Å². The van der Waals surface area contributed by atoms with E-state index in [-0.39, 0.29) is 0 Å². The first-order valence-electron chi connectivity index (χ1n) is 7.88. The summed E-state index contributed by atoms with van der Waals surface area (Å²) in [6.45, 7) is 14.7. The lowest BCUT2D eigenvalue weighted by molar-refractivity contribution is 0.0823. The smallest absolute Gasteiger partial charge is 0.00684 e. The summed E-state index contributed by atoms with van der Waals surface area (Å²) in [4.78, 5) is 2.69. The van der Waals surface area contributed by atoms with Gasteiger partial charge in [0.1, 0.15) is 0 Å². The molecule has 1 heterocycles. The molecule has 0 atom stereocenters. The van der Waals surface area contributed by atoms with Crippen LogP contribution in [0.2, 0.25) is 0 Å². The Morgan fingerprint density at radius 1 is 1.22 bits per heavy atom. The number of hydrogen-bond donors (Lipinski definition) is 1. The van der Waals surface area contributed by atoms with Crippen molar-refractivity contribution >= 4 is 0 Å². The van der Waals surface area contributed by atoms with E-state index in [0.717, 1.165) is 6.04 Å². The lowest BCUT2D eigenvalue weighted by Crippen LogP contribution is -2.45. The van der Waals surface area contributed by atoms with Gasteiger partial charge in [0, 0.05) is 19.1 Å². The SMILES string of the molecule is CCC1(C)CCN(CC(C)(C)CNC2CC2)CC1. The Labute approximate surface area is 114 Å². The first kappa shape index (κ1) is 14.3. The van der Waals surface area contributed by atoms with Crippen LogP contribution in [0.15, 0.2) is 0 Å². The Balaban J connectivity index is 1.72. The summed E-state index contributed by atoms with van der Waals surface area (Å²) >= 11 is 0. The summed E-state index contributed by atoms with van der Waals surface area (Å²) in [5.41, 5.74) is 1.04. The van der Waals surface area contributed by atoms with Crippen LogP contribution in [0.3, 0.4) is 0 Å². The van der Waals surface area contributed by atoms with Crippen molar-refractivity contribution in [3.8, 4) is 0 Å². The normalized spacial score (nSPS) is 25.3. The maximum Gasteiger partial charge on any atom is 0.00684 e. The average Bonchev–Trinajstić information content (AvgIpc) is 3.14. The Morgan fingerprint density at radius 2 is 1.83 bits per heavy atom. The van der Waals surface area contributed by atoms with Gasteiger partial charge in [0.05, 0.1) is 0 Å². The fraction of sp³-hybridized carbons (Fsp3) is 1.00. The molecule has 0 aromatic carbocycles. The highest BCUT2D eigenvalue weighted by atomic mass is 15.1. The highest BCUT2D eigenvalue weighted by Crippen LogP contribution is 2.34. The molecule has 0 radical (unpaired) electrons. The predicted molar refractivity (Wildman–Crippen MR) is 78.9 cm³/mol. The first-order chi connectivity index (χ1) is 8.42. The van der Waals surface area contributed by atoms with E-state index in [2.05, 4.69) is 37.9 Å². The van der Waals surface area contributed by atoms with Gasteiger partial charge in [0.25, 0.3) is 0 Å². The quantitative estimate of drug-likeness (QED) is 0.780. The fourth-order valence-corrected chi connectivity index (χ4v) is 2.97. The Hall–Kier alpha value is -0.0800. The predicted octanol–water partition coefficient (Wildman–Crippen LogP) is 3.28. The van der Waals surface area contributed by atoms with Gasteiger partial charge in [-0.3, -0.25) is 0 Å². The molecule has 0 aromatic rings. The molecule has 2 aliphatic rings. The van der Waals surface area contributed by atoms with Crippen molar-refractivity contribution in [2.24, 2.45) is 10.8 Å². The maximum absolute atomic E-state index is 3.69. The highest BCUT2D eigenvalue weighted by molar-refractivity contribution is 4.87. The average molecular weight is 252 g/mol. The van der Waals surface area contributed by atoms with Crippen molar-refractivity contribution in [2.45, 2.75) is 65.8 Å². The molecule has 0 amide bonds. The Kier molecular flexibility index (Phi) is 4.38. The summed E-state index contributed by atoms with van der Waals surface area (Å²) in [6.07, 6.45) is 6.90. The van der Waals surface area contributed by atoms with Crippen molar-refractivity contribution in [1.82, 2.24) is 10.2 Å². The van der Waals surface area contributed by atoms with Crippen molar-refractivity contribution < 1.29 is 0 Å². The lowest BCUT2D eigenvalue weighted by atomic mass is 9.77. The first-order valence-corrected chi connectivity index (χ1v) is 7.88. The van der Waals surface area contributed by atoms with Crippen LogP contribution < -0.4 is 5.32 Å². The lowest BCUT2D eigenvalue weighted by Gasteiger charge is -2.42. The van der Waals surface area contributed by atoms with Crippen molar-refractivity contribution in [2.75, 3.05) is 26.2 Å². The third kappa shape index (κ3) is 4.24. The molecule has 106 valence electrons. The fourth-order valence-electron chi connectivity index (χ4n) is 2.97. The standard InChI is InChI=1S/C16H32N2/c1-5-16(4)8-10-18(11-9-16)13-15(2,3)12-17-14-6-7-14/h14,17H,5-13H2,1-4H3. The van der Waals surface area contributed by atoms with E-state index in [0.29, 0.717) is 10.8 Å². The molecule has 1 N–H and O–H groups in total. The molecule has 0 aromatic heterocycles. The topological polar surface area (TPSA) is 15.3 Å². The van der Waals surface area contributed by atoms with Crippen LogP contribution in [-0.2, 0) is 0 Å². The van der Waals surface area contributed by atoms with Crippen LogP contribution in [0.25, 0.3) is 0 Å². The zero-order valence-corrected chi connectivity index (χ0v) is 12.9. The maximum atomic E-state index is 3.69. The molecule has 2 nitrogen and oxygen atoms in total. The number of nitrogens with one attached hydrogen (secondary N) is 1. The largest absolute Gasteiger partial charge is 0.313 e. The molecule has 1 saturated carbocycles. The van der Waals surface area contributed by atoms with Gasteiger partial charge in [-0.05, 0) is 49.6 Å². The minimum absolute atomic E-state index is 0.419. The minimum atomic E-state index is 0.419. The zero-order chi connectivity index (χ0) is 13.2. The Morgan fingerprint density at radius 3 is 2.33 bits per heavy atom. The number of rotatable bonds is 6. The van der Waals surface area contributed by atoms with Gasteiger partial charge in [-0.1, -0.05) is 34.1 Å². The molecule has 0 unspecified atom stereocenters.